The zero-order valence-corrected chi connectivity index (χ0v) is 8.55. The van der Waals surface area contributed by atoms with E-state index in [1.54, 1.807) is 0 Å². The normalized spacial score (nSPS) is 44.6. The third kappa shape index (κ3) is 1.17. The van der Waals surface area contributed by atoms with Gasteiger partial charge >= 0.3 is 0 Å². The maximum Gasteiger partial charge on any atom is 0.139 e. The molecule has 1 fully saturated rings. The van der Waals surface area contributed by atoms with Gasteiger partial charge in [0.25, 0.3) is 0 Å². The molecule has 2 rings (SSSR count). The molecular formula is C12H18O. The van der Waals surface area contributed by atoms with Gasteiger partial charge in [-0.05, 0) is 31.1 Å². The Hall–Kier alpha value is -0.590. The summed E-state index contributed by atoms with van der Waals surface area (Å²) in [5.74, 6) is 1.56. The van der Waals surface area contributed by atoms with Crippen molar-refractivity contribution in [1.82, 2.24) is 0 Å². The van der Waals surface area contributed by atoms with Crippen LogP contribution in [-0.4, -0.2) is 5.78 Å². The number of allylic oxidation sites excluding steroid dienone is 2. The van der Waals surface area contributed by atoms with Gasteiger partial charge in [0.15, 0.2) is 0 Å². The van der Waals surface area contributed by atoms with Gasteiger partial charge in [0.05, 0.1) is 0 Å². The molecule has 0 heterocycles. The number of ketones is 1. The number of fused-ring (bicyclic) bond motifs is 1. The molecule has 2 aliphatic rings. The smallest absolute Gasteiger partial charge is 0.139 e. The molecule has 0 aliphatic heterocycles. The number of hydrogen-bond donors (Lipinski definition) is 0. The van der Waals surface area contributed by atoms with Crippen molar-refractivity contribution < 1.29 is 4.79 Å². The van der Waals surface area contributed by atoms with Crippen LogP contribution in [0.5, 0.6) is 0 Å². The lowest BCUT2D eigenvalue weighted by atomic mass is 9.57. The second kappa shape index (κ2) is 2.97. The van der Waals surface area contributed by atoms with Gasteiger partial charge in [-0.25, -0.2) is 0 Å². The molecule has 0 amide bonds. The first-order valence-electron chi connectivity index (χ1n) is 5.35. The quantitative estimate of drug-likeness (QED) is 0.521. The molecule has 0 radical (unpaired) electrons. The molecule has 0 spiro atoms. The first-order valence-corrected chi connectivity index (χ1v) is 5.35. The predicted octanol–water partition coefficient (Wildman–Crippen LogP) is 2.96. The fourth-order valence-electron chi connectivity index (χ4n) is 2.94. The van der Waals surface area contributed by atoms with Gasteiger partial charge in [-0.3, -0.25) is 4.79 Å². The van der Waals surface area contributed by atoms with Crippen LogP contribution in [0.3, 0.4) is 0 Å². The van der Waals surface area contributed by atoms with E-state index in [-0.39, 0.29) is 5.41 Å². The van der Waals surface area contributed by atoms with Gasteiger partial charge in [0, 0.05) is 11.8 Å². The van der Waals surface area contributed by atoms with Gasteiger partial charge in [-0.1, -0.05) is 26.0 Å². The molecule has 1 heteroatoms. The molecule has 3 unspecified atom stereocenters. The van der Waals surface area contributed by atoms with Crippen LogP contribution >= 0.6 is 0 Å². The fraction of sp³-hybridized carbons (Fsp3) is 0.750. The zero-order chi connectivity index (χ0) is 9.47. The first kappa shape index (κ1) is 8.98. The van der Waals surface area contributed by atoms with Gasteiger partial charge in [-0.15, -0.1) is 0 Å². The highest BCUT2D eigenvalue weighted by atomic mass is 16.1. The Morgan fingerprint density at radius 3 is 3.00 bits per heavy atom. The van der Waals surface area contributed by atoms with Crippen molar-refractivity contribution in [3.05, 3.63) is 12.2 Å². The third-order valence-electron chi connectivity index (χ3n) is 4.20. The van der Waals surface area contributed by atoms with Gasteiger partial charge < -0.3 is 0 Å². The van der Waals surface area contributed by atoms with E-state index in [1.165, 1.54) is 6.42 Å². The Morgan fingerprint density at radius 2 is 2.31 bits per heavy atom. The van der Waals surface area contributed by atoms with Crippen LogP contribution in [-0.2, 0) is 4.79 Å². The van der Waals surface area contributed by atoms with Crippen molar-refractivity contribution in [3.8, 4) is 0 Å². The van der Waals surface area contributed by atoms with Crippen molar-refractivity contribution in [3.63, 3.8) is 0 Å². The number of Topliss-reactive ketones (excluding diaryl/α,β-unsaturated/α-hetero) is 1. The molecule has 1 nitrogen and oxygen atoms in total. The number of rotatable bonds is 0. The SMILES string of the molecule is CC1C=CCC2CCCC(=O)C12C. The van der Waals surface area contributed by atoms with Crippen LogP contribution in [0.15, 0.2) is 12.2 Å². The fourth-order valence-corrected chi connectivity index (χ4v) is 2.94. The van der Waals surface area contributed by atoms with Crippen LogP contribution in [0, 0.1) is 17.3 Å². The summed E-state index contributed by atoms with van der Waals surface area (Å²) in [4.78, 5) is 11.9. The van der Waals surface area contributed by atoms with E-state index in [0.717, 1.165) is 19.3 Å². The summed E-state index contributed by atoms with van der Waals surface area (Å²) >= 11 is 0. The molecule has 0 aromatic carbocycles. The van der Waals surface area contributed by atoms with E-state index < -0.39 is 0 Å². The van der Waals surface area contributed by atoms with Crippen LogP contribution < -0.4 is 0 Å². The molecule has 3 atom stereocenters. The Bertz CT molecular complexity index is 254. The Kier molecular flexibility index (Phi) is 2.05. The highest BCUT2D eigenvalue weighted by Gasteiger charge is 2.46. The molecule has 72 valence electrons. The van der Waals surface area contributed by atoms with Crippen molar-refractivity contribution in [2.75, 3.05) is 0 Å². The molecule has 0 aromatic rings. The topological polar surface area (TPSA) is 17.1 Å². The number of hydrogen-bond acceptors (Lipinski definition) is 1. The van der Waals surface area contributed by atoms with Crippen molar-refractivity contribution in [1.29, 1.82) is 0 Å². The Morgan fingerprint density at radius 1 is 1.54 bits per heavy atom. The van der Waals surface area contributed by atoms with E-state index in [1.807, 2.05) is 0 Å². The molecule has 2 aliphatic carbocycles. The van der Waals surface area contributed by atoms with Crippen LogP contribution in [0.25, 0.3) is 0 Å². The maximum absolute atomic E-state index is 11.9. The van der Waals surface area contributed by atoms with E-state index in [0.29, 0.717) is 17.6 Å². The molecule has 1 saturated carbocycles. The van der Waals surface area contributed by atoms with E-state index in [2.05, 4.69) is 26.0 Å². The van der Waals surface area contributed by atoms with Gasteiger partial charge in [-0.2, -0.15) is 0 Å². The summed E-state index contributed by atoms with van der Waals surface area (Å²) in [6.07, 6.45) is 8.77. The van der Waals surface area contributed by atoms with Crippen LogP contribution in [0.2, 0.25) is 0 Å². The lowest BCUT2D eigenvalue weighted by Crippen LogP contribution is -2.45. The molecule has 0 N–H and O–H groups in total. The summed E-state index contributed by atoms with van der Waals surface area (Å²) in [5, 5.41) is 0. The van der Waals surface area contributed by atoms with E-state index >= 15 is 0 Å². The van der Waals surface area contributed by atoms with Gasteiger partial charge in [0.2, 0.25) is 0 Å². The molecule has 13 heavy (non-hydrogen) atoms. The van der Waals surface area contributed by atoms with Crippen molar-refractivity contribution in [2.45, 2.75) is 39.5 Å². The van der Waals surface area contributed by atoms with E-state index in [4.69, 9.17) is 0 Å². The molecule has 0 bridgehead atoms. The van der Waals surface area contributed by atoms with Crippen molar-refractivity contribution in [2.24, 2.45) is 17.3 Å². The predicted molar refractivity (Wildman–Crippen MR) is 53.4 cm³/mol. The largest absolute Gasteiger partial charge is 0.299 e. The van der Waals surface area contributed by atoms with Gasteiger partial charge in [0.1, 0.15) is 5.78 Å². The lowest BCUT2D eigenvalue weighted by Gasteiger charge is -2.45. The monoisotopic (exact) mass is 178 g/mol. The summed E-state index contributed by atoms with van der Waals surface area (Å²) in [6, 6.07) is 0. The minimum absolute atomic E-state index is 0.0347. The number of carbonyl (C=O) groups is 1. The first-order chi connectivity index (χ1) is 6.15. The molecule has 0 saturated heterocycles. The minimum atomic E-state index is -0.0347. The maximum atomic E-state index is 11.9. The highest BCUT2D eigenvalue weighted by molar-refractivity contribution is 5.86. The number of carbonyl (C=O) groups excluding carboxylic acids is 1. The average Bonchev–Trinajstić information content (AvgIpc) is 2.10. The van der Waals surface area contributed by atoms with Crippen LogP contribution in [0.4, 0.5) is 0 Å². The molecular weight excluding hydrogens is 160 g/mol. The summed E-state index contributed by atoms with van der Waals surface area (Å²) in [5.41, 5.74) is -0.0347. The Labute approximate surface area is 80.2 Å². The third-order valence-corrected chi connectivity index (χ3v) is 4.20. The average molecular weight is 178 g/mol. The molecule has 0 aromatic heterocycles. The summed E-state index contributed by atoms with van der Waals surface area (Å²) in [6.45, 7) is 4.36. The van der Waals surface area contributed by atoms with Crippen LogP contribution in [0.1, 0.15) is 39.5 Å². The standard InChI is InChI=1S/C12H18O/c1-9-5-3-6-10-7-4-8-11(13)12(9,10)2/h3,5,9-10H,4,6-8H2,1-2H3. The second-order valence-corrected chi connectivity index (χ2v) is 4.75. The Balaban J connectivity index is 2.35. The highest BCUT2D eigenvalue weighted by Crippen LogP contribution is 2.48. The summed E-state index contributed by atoms with van der Waals surface area (Å²) in [7, 11) is 0. The van der Waals surface area contributed by atoms with Crippen molar-refractivity contribution >= 4 is 5.78 Å². The zero-order valence-electron chi connectivity index (χ0n) is 8.55. The minimum Gasteiger partial charge on any atom is -0.299 e. The lowest BCUT2D eigenvalue weighted by molar-refractivity contribution is -0.137. The van der Waals surface area contributed by atoms with E-state index in [9.17, 15) is 4.79 Å². The second-order valence-electron chi connectivity index (χ2n) is 4.75. The summed E-state index contributed by atoms with van der Waals surface area (Å²) < 4.78 is 0.